The molecular formula is C10H20N2O3. The summed E-state index contributed by atoms with van der Waals surface area (Å²) in [5.41, 5.74) is 2.11. The number of amides is 1. The lowest BCUT2D eigenvalue weighted by Crippen LogP contribution is -2.29. The van der Waals surface area contributed by atoms with Crippen LogP contribution >= 0.6 is 0 Å². The molecule has 15 heavy (non-hydrogen) atoms. The van der Waals surface area contributed by atoms with Crippen molar-refractivity contribution in [3.8, 4) is 0 Å². The third kappa shape index (κ3) is 5.71. The van der Waals surface area contributed by atoms with Crippen molar-refractivity contribution in [3.63, 3.8) is 0 Å². The standard InChI is InChI=1S/C10H20N2O3/c11-12-10(13)4-2-1-3-6-15-9-5-7-14-8-9/h9H,1-8,11H2,(H,12,13). The third-order valence-electron chi connectivity index (χ3n) is 2.45. The molecular weight excluding hydrogens is 196 g/mol. The number of hydrazine groups is 1. The first-order valence-corrected chi connectivity index (χ1v) is 5.51. The van der Waals surface area contributed by atoms with E-state index in [9.17, 15) is 4.79 Å². The van der Waals surface area contributed by atoms with Gasteiger partial charge in [0.25, 0.3) is 0 Å². The lowest BCUT2D eigenvalue weighted by atomic mass is 10.2. The Balaban J connectivity index is 1.82. The van der Waals surface area contributed by atoms with Crippen LogP contribution in [0, 0.1) is 0 Å². The van der Waals surface area contributed by atoms with Crippen molar-refractivity contribution in [1.29, 1.82) is 0 Å². The zero-order valence-corrected chi connectivity index (χ0v) is 9.04. The predicted octanol–water partition coefficient (Wildman–Crippen LogP) is 0.342. The molecule has 0 radical (unpaired) electrons. The average Bonchev–Trinajstić information content (AvgIpc) is 2.75. The number of rotatable bonds is 7. The van der Waals surface area contributed by atoms with Crippen LogP contribution in [0.2, 0.25) is 0 Å². The van der Waals surface area contributed by atoms with Crippen molar-refractivity contribution in [2.75, 3.05) is 19.8 Å². The maximum Gasteiger partial charge on any atom is 0.233 e. The van der Waals surface area contributed by atoms with Gasteiger partial charge in [-0.05, 0) is 19.3 Å². The molecule has 1 fully saturated rings. The summed E-state index contributed by atoms with van der Waals surface area (Å²) in [4.78, 5) is 10.8. The first kappa shape index (κ1) is 12.4. The van der Waals surface area contributed by atoms with Gasteiger partial charge >= 0.3 is 0 Å². The number of hydrogen-bond donors (Lipinski definition) is 2. The number of carbonyl (C=O) groups excluding carboxylic acids is 1. The van der Waals surface area contributed by atoms with E-state index in [4.69, 9.17) is 15.3 Å². The summed E-state index contributed by atoms with van der Waals surface area (Å²) in [6, 6.07) is 0. The molecule has 1 atom stereocenters. The summed E-state index contributed by atoms with van der Waals surface area (Å²) in [7, 11) is 0. The van der Waals surface area contributed by atoms with Crippen molar-refractivity contribution in [1.82, 2.24) is 5.43 Å². The van der Waals surface area contributed by atoms with Crippen molar-refractivity contribution in [2.45, 2.75) is 38.2 Å². The minimum atomic E-state index is -0.0971. The van der Waals surface area contributed by atoms with Gasteiger partial charge in [0.05, 0.1) is 12.7 Å². The van der Waals surface area contributed by atoms with Crippen molar-refractivity contribution in [2.24, 2.45) is 5.84 Å². The summed E-state index contributed by atoms with van der Waals surface area (Å²) in [5, 5.41) is 0. The summed E-state index contributed by atoms with van der Waals surface area (Å²) >= 11 is 0. The van der Waals surface area contributed by atoms with Gasteiger partial charge in [0.15, 0.2) is 0 Å². The summed E-state index contributed by atoms with van der Waals surface area (Å²) < 4.78 is 10.8. The fourth-order valence-electron chi connectivity index (χ4n) is 1.53. The number of hydrogen-bond acceptors (Lipinski definition) is 4. The van der Waals surface area contributed by atoms with Crippen LogP contribution in [0.4, 0.5) is 0 Å². The zero-order chi connectivity index (χ0) is 10.9. The van der Waals surface area contributed by atoms with Gasteiger partial charge in [-0.2, -0.15) is 0 Å². The predicted molar refractivity (Wildman–Crippen MR) is 56.0 cm³/mol. The minimum Gasteiger partial charge on any atom is -0.379 e. The molecule has 1 heterocycles. The van der Waals surface area contributed by atoms with E-state index in [1.165, 1.54) is 0 Å². The second-order valence-electron chi connectivity index (χ2n) is 3.73. The fraction of sp³-hybridized carbons (Fsp3) is 0.900. The fourth-order valence-corrected chi connectivity index (χ4v) is 1.53. The molecule has 0 bridgehead atoms. The Morgan fingerprint density at radius 3 is 3.00 bits per heavy atom. The molecule has 5 heteroatoms. The summed E-state index contributed by atoms with van der Waals surface area (Å²) in [5.74, 6) is 4.86. The minimum absolute atomic E-state index is 0.0971. The third-order valence-corrected chi connectivity index (χ3v) is 2.45. The molecule has 88 valence electrons. The highest BCUT2D eigenvalue weighted by atomic mass is 16.5. The smallest absolute Gasteiger partial charge is 0.233 e. The van der Waals surface area contributed by atoms with Gasteiger partial charge in [-0.15, -0.1) is 0 Å². The van der Waals surface area contributed by atoms with Gasteiger partial charge in [0, 0.05) is 19.6 Å². The van der Waals surface area contributed by atoms with Crippen LogP contribution in [0.25, 0.3) is 0 Å². The van der Waals surface area contributed by atoms with Gasteiger partial charge in [0.1, 0.15) is 0 Å². The van der Waals surface area contributed by atoms with Crippen LogP contribution in [-0.4, -0.2) is 31.8 Å². The number of ether oxygens (including phenoxy) is 2. The van der Waals surface area contributed by atoms with Crippen molar-refractivity contribution < 1.29 is 14.3 Å². The van der Waals surface area contributed by atoms with Crippen LogP contribution in [0.3, 0.4) is 0 Å². The Hall–Kier alpha value is -0.650. The van der Waals surface area contributed by atoms with Crippen LogP contribution in [0.1, 0.15) is 32.1 Å². The second-order valence-corrected chi connectivity index (χ2v) is 3.73. The molecule has 1 aliphatic heterocycles. The number of carbonyl (C=O) groups is 1. The Morgan fingerprint density at radius 2 is 2.33 bits per heavy atom. The van der Waals surface area contributed by atoms with E-state index < -0.39 is 0 Å². The van der Waals surface area contributed by atoms with Gasteiger partial charge < -0.3 is 9.47 Å². The lowest BCUT2D eigenvalue weighted by Gasteiger charge is -2.08. The van der Waals surface area contributed by atoms with Crippen molar-refractivity contribution >= 4 is 5.91 Å². The molecule has 0 aliphatic carbocycles. The summed E-state index contributed by atoms with van der Waals surface area (Å²) in [6.07, 6.45) is 4.67. The average molecular weight is 216 g/mol. The number of nitrogens with one attached hydrogen (secondary N) is 1. The maximum atomic E-state index is 10.8. The molecule has 0 aromatic carbocycles. The highest BCUT2D eigenvalue weighted by molar-refractivity contribution is 5.74. The monoisotopic (exact) mass is 216 g/mol. The van der Waals surface area contributed by atoms with E-state index in [1.807, 2.05) is 0 Å². The van der Waals surface area contributed by atoms with E-state index in [2.05, 4.69) is 5.43 Å². The van der Waals surface area contributed by atoms with Crippen LogP contribution in [0.15, 0.2) is 0 Å². The Kier molecular flexibility index (Phi) is 6.31. The first-order chi connectivity index (χ1) is 7.33. The maximum absolute atomic E-state index is 10.8. The molecule has 5 nitrogen and oxygen atoms in total. The van der Waals surface area contributed by atoms with Crippen LogP contribution < -0.4 is 11.3 Å². The molecule has 0 spiro atoms. The lowest BCUT2D eigenvalue weighted by molar-refractivity contribution is -0.121. The highest BCUT2D eigenvalue weighted by Crippen LogP contribution is 2.09. The topological polar surface area (TPSA) is 73.6 Å². The molecule has 0 aromatic heterocycles. The Bertz CT molecular complexity index is 182. The number of nitrogens with two attached hydrogens (primary N) is 1. The van der Waals surface area contributed by atoms with Gasteiger partial charge in [-0.3, -0.25) is 10.2 Å². The Labute approximate surface area is 90.3 Å². The van der Waals surface area contributed by atoms with Gasteiger partial charge in [-0.25, -0.2) is 5.84 Å². The van der Waals surface area contributed by atoms with E-state index in [-0.39, 0.29) is 12.0 Å². The SMILES string of the molecule is NNC(=O)CCCCCOC1CCOC1. The van der Waals surface area contributed by atoms with Crippen LogP contribution in [-0.2, 0) is 14.3 Å². The van der Waals surface area contributed by atoms with Crippen molar-refractivity contribution in [3.05, 3.63) is 0 Å². The molecule has 1 aliphatic rings. The summed E-state index contributed by atoms with van der Waals surface area (Å²) in [6.45, 7) is 2.31. The van der Waals surface area contributed by atoms with E-state index >= 15 is 0 Å². The molecule has 0 aromatic rings. The highest BCUT2D eigenvalue weighted by Gasteiger charge is 2.15. The first-order valence-electron chi connectivity index (χ1n) is 5.51. The van der Waals surface area contributed by atoms with E-state index in [0.717, 1.165) is 45.5 Å². The normalized spacial score (nSPS) is 20.5. The van der Waals surface area contributed by atoms with E-state index in [1.54, 1.807) is 0 Å². The zero-order valence-electron chi connectivity index (χ0n) is 9.04. The molecule has 1 amide bonds. The molecule has 1 rings (SSSR count). The van der Waals surface area contributed by atoms with Crippen LogP contribution in [0.5, 0.6) is 0 Å². The molecule has 3 N–H and O–H groups in total. The van der Waals surface area contributed by atoms with Gasteiger partial charge in [-0.1, -0.05) is 6.42 Å². The largest absolute Gasteiger partial charge is 0.379 e. The quantitative estimate of drug-likeness (QED) is 0.278. The molecule has 0 saturated carbocycles. The molecule has 1 unspecified atom stereocenters. The van der Waals surface area contributed by atoms with Gasteiger partial charge in [0.2, 0.25) is 5.91 Å². The second kappa shape index (κ2) is 7.62. The van der Waals surface area contributed by atoms with E-state index in [0.29, 0.717) is 6.42 Å². The molecule has 1 saturated heterocycles. The number of unbranched alkanes of at least 4 members (excludes halogenated alkanes) is 2. The Morgan fingerprint density at radius 1 is 1.47 bits per heavy atom.